The molecule has 29 heavy (non-hydrogen) atoms. The van der Waals surface area contributed by atoms with Crippen LogP contribution < -0.4 is 14.9 Å². The van der Waals surface area contributed by atoms with E-state index in [4.69, 9.17) is 9.47 Å². The van der Waals surface area contributed by atoms with Crippen molar-refractivity contribution in [1.29, 1.82) is 0 Å². The number of carbonyl (C=O) groups is 1. The van der Waals surface area contributed by atoms with E-state index in [0.29, 0.717) is 28.4 Å². The summed E-state index contributed by atoms with van der Waals surface area (Å²) in [7, 11) is 1.56. The van der Waals surface area contributed by atoms with Gasteiger partial charge >= 0.3 is 0 Å². The normalized spacial score (nSPS) is 11.0. The van der Waals surface area contributed by atoms with Gasteiger partial charge < -0.3 is 9.47 Å². The minimum atomic E-state index is -0.465. The van der Waals surface area contributed by atoms with E-state index in [1.807, 2.05) is 13.0 Å². The van der Waals surface area contributed by atoms with Gasteiger partial charge in [-0.25, -0.2) is 5.43 Å². The lowest BCUT2D eigenvalue weighted by Gasteiger charge is -2.11. The number of nitrogens with zero attached hydrogens (tertiary/aromatic N) is 2. The van der Waals surface area contributed by atoms with E-state index in [-0.39, 0.29) is 5.69 Å². The number of hydrogen-bond acceptors (Lipinski definition) is 7. The number of nitro groups is 1. The first-order valence-electron chi connectivity index (χ1n) is 8.44. The number of hydrazone groups is 1. The highest BCUT2D eigenvalue weighted by molar-refractivity contribution is 14.1. The molecule has 8 nitrogen and oxygen atoms in total. The van der Waals surface area contributed by atoms with Gasteiger partial charge in [0.1, 0.15) is 0 Å². The van der Waals surface area contributed by atoms with Crippen molar-refractivity contribution in [2.24, 2.45) is 5.10 Å². The fourth-order valence-corrected chi connectivity index (χ4v) is 4.29. The Morgan fingerprint density at radius 2 is 2.14 bits per heavy atom. The van der Waals surface area contributed by atoms with E-state index in [0.717, 1.165) is 13.8 Å². The van der Waals surface area contributed by atoms with E-state index in [9.17, 15) is 14.9 Å². The van der Waals surface area contributed by atoms with Gasteiger partial charge in [0.15, 0.2) is 11.5 Å². The van der Waals surface area contributed by atoms with Crippen LogP contribution in [0.4, 0.5) is 5.69 Å². The van der Waals surface area contributed by atoms with E-state index in [1.165, 1.54) is 29.7 Å². The fourth-order valence-electron chi connectivity index (χ4n) is 2.58. The van der Waals surface area contributed by atoms with E-state index < -0.39 is 10.8 Å². The number of hydrogen-bond donors (Lipinski definition) is 1. The summed E-state index contributed by atoms with van der Waals surface area (Å²) < 4.78 is 12.6. The van der Waals surface area contributed by atoms with Crippen LogP contribution >= 0.6 is 33.9 Å². The number of ether oxygens (including phenoxy) is 2. The zero-order chi connectivity index (χ0) is 21.0. The van der Waals surface area contributed by atoms with Crippen molar-refractivity contribution in [3.8, 4) is 11.5 Å². The van der Waals surface area contributed by atoms with E-state index >= 15 is 0 Å². The number of non-ortho nitro benzene ring substituents is 1. The lowest BCUT2D eigenvalue weighted by atomic mass is 10.2. The van der Waals surface area contributed by atoms with Crippen molar-refractivity contribution in [3.05, 3.63) is 60.5 Å². The van der Waals surface area contributed by atoms with Gasteiger partial charge in [-0.1, -0.05) is 0 Å². The third kappa shape index (κ3) is 4.82. The number of nitrogens with one attached hydrogen (secondary N) is 1. The molecule has 0 aliphatic heterocycles. The molecule has 0 aliphatic rings. The molecule has 0 aliphatic carbocycles. The molecule has 0 fully saturated rings. The minimum Gasteiger partial charge on any atom is -0.493 e. The zero-order valence-electron chi connectivity index (χ0n) is 15.5. The molecule has 0 spiro atoms. The number of rotatable bonds is 7. The fraction of sp³-hybridized carbons (Fsp3) is 0.158. The number of halogens is 1. The Morgan fingerprint density at radius 1 is 1.34 bits per heavy atom. The van der Waals surface area contributed by atoms with Gasteiger partial charge in [0.25, 0.3) is 11.6 Å². The third-order valence-electron chi connectivity index (χ3n) is 3.85. The number of amides is 1. The molecule has 2 aromatic carbocycles. The van der Waals surface area contributed by atoms with Gasteiger partial charge in [-0.3, -0.25) is 14.9 Å². The standard InChI is InChI=1S/C19H16IN3O5S/c1-3-28-18-14(20)6-11(7-15(18)27-2)10-21-22-19(24)17-9-12-8-13(23(25)26)4-5-16(12)29-17/h4-10H,3H2,1-2H3,(H,22,24)/b21-10+. The monoisotopic (exact) mass is 525 g/mol. The van der Waals surface area contributed by atoms with Gasteiger partial charge in [-0.15, -0.1) is 11.3 Å². The van der Waals surface area contributed by atoms with Crippen LogP contribution in [0.5, 0.6) is 11.5 Å². The number of thiophene rings is 1. The maximum Gasteiger partial charge on any atom is 0.281 e. The highest BCUT2D eigenvalue weighted by Crippen LogP contribution is 2.33. The maximum atomic E-state index is 12.4. The number of benzene rings is 2. The molecule has 1 N–H and O–H groups in total. The molecule has 10 heteroatoms. The first-order chi connectivity index (χ1) is 13.9. The van der Waals surface area contributed by atoms with Gasteiger partial charge in [0.2, 0.25) is 0 Å². The van der Waals surface area contributed by atoms with Gasteiger partial charge in [-0.2, -0.15) is 5.10 Å². The number of carbonyl (C=O) groups excluding carboxylic acids is 1. The number of fused-ring (bicyclic) bond motifs is 1. The topological polar surface area (TPSA) is 103 Å². The smallest absolute Gasteiger partial charge is 0.281 e. The average molecular weight is 525 g/mol. The van der Waals surface area contributed by atoms with Crippen molar-refractivity contribution < 1.29 is 19.2 Å². The lowest BCUT2D eigenvalue weighted by molar-refractivity contribution is -0.384. The second-order valence-electron chi connectivity index (χ2n) is 5.76. The molecule has 0 radical (unpaired) electrons. The van der Waals surface area contributed by atoms with Crippen LogP contribution in [-0.4, -0.2) is 30.8 Å². The van der Waals surface area contributed by atoms with Gasteiger partial charge in [-0.05, 0) is 59.3 Å². The molecule has 3 aromatic rings. The van der Waals surface area contributed by atoms with Crippen molar-refractivity contribution >= 4 is 61.8 Å². The minimum absolute atomic E-state index is 0.0145. The Labute approximate surface area is 183 Å². The van der Waals surface area contributed by atoms with Gasteiger partial charge in [0, 0.05) is 22.2 Å². The molecule has 0 atom stereocenters. The molecule has 1 amide bonds. The predicted molar refractivity (Wildman–Crippen MR) is 120 cm³/mol. The molecular weight excluding hydrogens is 509 g/mol. The summed E-state index contributed by atoms with van der Waals surface area (Å²) in [4.78, 5) is 23.2. The Kier molecular flexibility index (Phi) is 6.64. The van der Waals surface area contributed by atoms with Crippen molar-refractivity contribution in [2.75, 3.05) is 13.7 Å². The maximum absolute atomic E-state index is 12.4. The number of methoxy groups -OCH3 is 1. The summed E-state index contributed by atoms with van der Waals surface area (Å²) in [6.45, 7) is 2.42. The van der Waals surface area contributed by atoms with Crippen LogP contribution in [0.25, 0.3) is 10.1 Å². The second kappa shape index (κ2) is 9.18. The Balaban J connectivity index is 1.75. The third-order valence-corrected chi connectivity index (χ3v) is 5.77. The van der Waals surface area contributed by atoms with Crippen LogP contribution in [0.1, 0.15) is 22.2 Å². The summed E-state index contributed by atoms with van der Waals surface area (Å²) in [5, 5.41) is 15.5. The number of nitro benzene ring substituents is 1. The molecular formula is C19H16IN3O5S. The summed E-state index contributed by atoms with van der Waals surface area (Å²) in [5.41, 5.74) is 3.20. The molecule has 1 heterocycles. The van der Waals surface area contributed by atoms with Crippen LogP contribution in [0.15, 0.2) is 41.5 Å². The van der Waals surface area contributed by atoms with Gasteiger partial charge in [0.05, 0.1) is 33.3 Å². The van der Waals surface area contributed by atoms with Crippen molar-refractivity contribution in [2.45, 2.75) is 6.92 Å². The predicted octanol–water partition coefficient (Wildman–Crippen LogP) is 4.59. The lowest BCUT2D eigenvalue weighted by Crippen LogP contribution is -2.16. The SMILES string of the molecule is CCOc1c(I)cc(/C=N/NC(=O)c2cc3cc([N+](=O)[O-])ccc3s2)cc1OC. The Bertz CT molecular complexity index is 1110. The largest absolute Gasteiger partial charge is 0.493 e. The molecule has 0 saturated heterocycles. The Morgan fingerprint density at radius 3 is 2.83 bits per heavy atom. The van der Waals surface area contributed by atoms with Crippen molar-refractivity contribution in [3.63, 3.8) is 0 Å². The van der Waals surface area contributed by atoms with Crippen LogP contribution in [0.2, 0.25) is 0 Å². The molecule has 0 bridgehead atoms. The second-order valence-corrected chi connectivity index (χ2v) is 8.00. The van der Waals surface area contributed by atoms with Crippen LogP contribution in [0.3, 0.4) is 0 Å². The molecule has 0 unspecified atom stereocenters. The van der Waals surface area contributed by atoms with E-state index in [2.05, 4.69) is 33.1 Å². The molecule has 3 rings (SSSR count). The summed E-state index contributed by atoms with van der Waals surface area (Å²) >= 11 is 3.39. The molecule has 0 saturated carbocycles. The highest BCUT2D eigenvalue weighted by atomic mass is 127. The van der Waals surface area contributed by atoms with E-state index in [1.54, 1.807) is 25.3 Å². The average Bonchev–Trinajstić information content (AvgIpc) is 3.13. The van der Waals surface area contributed by atoms with Crippen LogP contribution in [-0.2, 0) is 0 Å². The first-order valence-corrected chi connectivity index (χ1v) is 10.3. The quantitative estimate of drug-likeness (QED) is 0.211. The summed E-state index contributed by atoms with van der Waals surface area (Å²) in [6, 6.07) is 9.73. The Hall–Kier alpha value is -2.73. The molecule has 150 valence electrons. The summed E-state index contributed by atoms with van der Waals surface area (Å²) in [5.74, 6) is 0.853. The summed E-state index contributed by atoms with van der Waals surface area (Å²) in [6.07, 6.45) is 1.51. The van der Waals surface area contributed by atoms with Crippen molar-refractivity contribution in [1.82, 2.24) is 5.43 Å². The highest BCUT2D eigenvalue weighted by Gasteiger charge is 2.13. The van der Waals surface area contributed by atoms with Crippen LogP contribution in [0, 0.1) is 13.7 Å². The molecule has 1 aromatic heterocycles. The zero-order valence-corrected chi connectivity index (χ0v) is 18.4. The first kappa shape index (κ1) is 21.0.